The van der Waals surface area contributed by atoms with Crippen LogP contribution in [-0.2, 0) is 0 Å². The lowest BCUT2D eigenvalue weighted by molar-refractivity contribution is 1.05. The van der Waals surface area contributed by atoms with Crippen molar-refractivity contribution in [1.29, 1.82) is 0 Å². The largest absolute Gasteiger partial charge is 0.316 e. The molecule has 0 aliphatic heterocycles. The van der Waals surface area contributed by atoms with E-state index >= 15 is 0 Å². The zero-order valence-corrected chi connectivity index (χ0v) is 21.6. The van der Waals surface area contributed by atoms with E-state index in [0.717, 1.165) is 39.4 Å². The summed E-state index contributed by atoms with van der Waals surface area (Å²) in [6, 6.07) is 48.4. The molecular formula is C36H24N4. The third-order valence-electron chi connectivity index (χ3n) is 7.56. The van der Waals surface area contributed by atoms with Gasteiger partial charge in [-0.1, -0.05) is 103 Å². The van der Waals surface area contributed by atoms with E-state index in [1.165, 1.54) is 21.7 Å². The molecule has 0 radical (unpaired) electrons. The van der Waals surface area contributed by atoms with Gasteiger partial charge in [0.15, 0.2) is 5.82 Å². The van der Waals surface area contributed by atoms with Crippen LogP contribution in [-0.4, -0.2) is 19.1 Å². The van der Waals surface area contributed by atoms with Gasteiger partial charge in [-0.15, -0.1) is 0 Å². The van der Waals surface area contributed by atoms with Crippen molar-refractivity contribution in [2.45, 2.75) is 0 Å². The molecule has 8 rings (SSSR count). The predicted molar refractivity (Wildman–Crippen MR) is 164 cm³/mol. The standard InChI is InChI=1S/C36H24N4/c1-4-12-25(13-5-1)30-24-33(38-36(37-30)27-14-6-2-7-15-27)40-31-19-11-10-18-29(31)34-32(40)21-20-26-22-23-39(35(26)34)28-16-8-3-9-17-28/h1-24H. The third kappa shape index (κ3) is 3.54. The number of para-hydroxylation sites is 2. The van der Waals surface area contributed by atoms with Gasteiger partial charge in [-0.05, 0) is 30.3 Å². The molecule has 0 atom stereocenters. The van der Waals surface area contributed by atoms with Crippen LogP contribution in [0.15, 0.2) is 146 Å². The SMILES string of the molecule is c1ccc(-c2cc(-n3c4ccccc4c4c5c(ccc43)ccn5-c3ccccc3)nc(-c3ccccc3)n2)cc1. The average molecular weight is 513 g/mol. The summed E-state index contributed by atoms with van der Waals surface area (Å²) in [7, 11) is 0. The van der Waals surface area contributed by atoms with Crippen LogP contribution < -0.4 is 0 Å². The molecule has 8 aromatic rings. The van der Waals surface area contributed by atoms with Crippen molar-refractivity contribution in [3.05, 3.63) is 146 Å². The lowest BCUT2D eigenvalue weighted by Crippen LogP contribution is -2.02. The van der Waals surface area contributed by atoms with Crippen LogP contribution in [0.5, 0.6) is 0 Å². The summed E-state index contributed by atoms with van der Waals surface area (Å²) in [6.07, 6.45) is 2.16. The lowest BCUT2D eigenvalue weighted by atomic mass is 10.1. The summed E-state index contributed by atoms with van der Waals surface area (Å²) in [5.74, 6) is 1.55. The highest BCUT2D eigenvalue weighted by Crippen LogP contribution is 2.38. The Morgan fingerprint density at radius 3 is 1.98 bits per heavy atom. The van der Waals surface area contributed by atoms with E-state index in [2.05, 4.69) is 118 Å². The molecule has 0 bridgehead atoms. The quantitative estimate of drug-likeness (QED) is 0.236. The van der Waals surface area contributed by atoms with Gasteiger partial charge in [0.1, 0.15) is 5.82 Å². The summed E-state index contributed by atoms with van der Waals surface area (Å²) >= 11 is 0. The van der Waals surface area contributed by atoms with Gasteiger partial charge >= 0.3 is 0 Å². The fourth-order valence-corrected chi connectivity index (χ4v) is 5.75. The normalized spacial score (nSPS) is 11.5. The summed E-state index contributed by atoms with van der Waals surface area (Å²) in [5, 5.41) is 3.61. The zero-order valence-electron chi connectivity index (χ0n) is 21.6. The van der Waals surface area contributed by atoms with E-state index in [4.69, 9.17) is 9.97 Å². The minimum Gasteiger partial charge on any atom is -0.316 e. The second kappa shape index (κ2) is 9.07. The molecule has 0 aliphatic carbocycles. The first-order valence-electron chi connectivity index (χ1n) is 13.4. The molecule has 0 aliphatic rings. The van der Waals surface area contributed by atoms with Crippen molar-refractivity contribution >= 4 is 32.7 Å². The predicted octanol–water partition coefficient (Wildman–Crippen LogP) is 8.85. The van der Waals surface area contributed by atoms with E-state index in [1.807, 2.05) is 36.4 Å². The maximum Gasteiger partial charge on any atom is 0.162 e. The Balaban J connectivity index is 1.48. The molecule has 0 spiro atoms. The second-order valence-electron chi connectivity index (χ2n) is 9.94. The minimum absolute atomic E-state index is 0.705. The van der Waals surface area contributed by atoms with E-state index in [0.29, 0.717) is 5.82 Å². The Morgan fingerprint density at radius 2 is 1.20 bits per heavy atom. The van der Waals surface area contributed by atoms with Gasteiger partial charge in [-0.2, -0.15) is 0 Å². The number of nitrogens with zero attached hydrogens (tertiary/aromatic N) is 4. The van der Waals surface area contributed by atoms with Gasteiger partial charge in [-0.3, -0.25) is 4.57 Å². The molecule has 0 saturated heterocycles. The molecule has 0 N–H and O–H groups in total. The van der Waals surface area contributed by atoms with Crippen LogP contribution in [0.4, 0.5) is 0 Å². The molecule has 5 aromatic carbocycles. The first-order chi connectivity index (χ1) is 19.8. The van der Waals surface area contributed by atoms with E-state index in [-0.39, 0.29) is 0 Å². The van der Waals surface area contributed by atoms with E-state index < -0.39 is 0 Å². The van der Waals surface area contributed by atoms with Gasteiger partial charge in [-0.25, -0.2) is 9.97 Å². The number of benzene rings is 5. The molecule has 0 unspecified atom stereocenters. The van der Waals surface area contributed by atoms with Gasteiger partial charge in [0, 0.05) is 45.2 Å². The third-order valence-corrected chi connectivity index (χ3v) is 7.56. The van der Waals surface area contributed by atoms with Gasteiger partial charge in [0.25, 0.3) is 0 Å². The molecule has 0 saturated carbocycles. The molecule has 188 valence electrons. The smallest absolute Gasteiger partial charge is 0.162 e. The molecule has 0 fully saturated rings. The Kier molecular flexibility index (Phi) is 5.10. The number of aromatic nitrogens is 4. The van der Waals surface area contributed by atoms with E-state index in [1.54, 1.807) is 0 Å². The van der Waals surface area contributed by atoms with Crippen molar-refractivity contribution in [2.24, 2.45) is 0 Å². The van der Waals surface area contributed by atoms with Crippen molar-refractivity contribution < 1.29 is 0 Å². The van der Waals surface area contributed by atoms with Crippen molar-refractivity contribution in [2.75, 3.05) is 0 Å². The van der Waals surface area contributed by atoms with Crippen LogP contribution in [0, 0.1) is 0 Å². The van der Waals surface area contributed by atoms with Crippen LogP contribution >= 0.6 is 0 Å². The highest BCUT2D eigenvalue weighted by Gasteiger charge is 2.19. The highest BCUT2D eigenvalue weighted by atomic mass is 15.1. The zero-order chi connectivity index (χ0) is 26.5. The summed E-state index contributed by atoms with van der Waals surface area (Å²) in [5.41, 5.74) is 7.50. The second-order valence-corrected chi connectivity index (χ2v) is 9.94. The van der Waals surface area contributed by atoms with Crippen molar-refractivity contribution in [1.82, 2.24) is 19.1 Å². The maximum absolute atomic E-state index is 5.17. The topological polar surface area (TPSA) is 35.6 Å². The van der Waals surface area contributed by atoms with Gasteiger partial charge < -0.3 is 4.57 Å². The maximum atomic E-state index is 5.17. The lowest BCUT2D eigenvalue weighted by Gasteiger charge is -2.12. The summed E-state index contributed by atoms with van der Waals surface area (Å²) < 4.78 is 4.58. The van der Waals surface area contributed by atoms with Crippen LogP contribution in [0.3, 0.4) is 0 Å². The summed E-state index contributed by atoms with van der Waals surface area (Å²) in [6.45, 7) is 0. The highest BCUT2D eigenvalue weighted by molar-refractivity contribution is 6.20. The van der Waals surface area contributed by atoms with Crippen molar-refractivity contribution in [3.8, 4) is 34.2 Å². The average Bonchev–Trinajstić information content (AvgIpc) is 3.61. The molecule has 4 heteroatoms. The Bertz CT molecular complexity index is 2080. The first kappa shape index (κ1) is 22.5. The fraction of sp³-hybridized carbons (Fsp3) is 0. The summed E-state index contributed by atoms with van der Waals surface area (Å²) in [4.78, 5) is 10.2. The van der Waals surface area contributed by atoms with Gasteiger partial charge in [0.05, 0.1) is 22.2 Å². The fourth-order valence-electron chi connectivity index (χ4n) is 5.75. The molecule has 0 amide bonds. The van der Waals surface area contributed by atoms with Crippen LogP contribution in [0.2, 0.25) is 0 Å². The number of fused-ring (bicyclic) bond motifs is 5. The Hall–Kier alpha value is -5.48. The molecule has 3 aromatic heterocycles. The number of hydrogen-bond donors (Lipinski definition) is 0. The minimum atomic E-state index is 0.705. The first-order valence-corrected chi connectivity index (χ1v) is 13.4. The van der Waals surface area contributed by atoms with E-state index in [9.17, 15) is 0 Å². The number of hydrogen-bond acceptors (Lipinski definition) is 2. The molecule has 4 nitrogen and oxygen atoms in total. The molecule has 40 heavy (non-hydrogen) atoms. The van der Waals surface area contributed by atoms with Gasteiger partial charge in [0.2, 0.25) is 0 Å². The monoisotopic (exact) mass is 512 g/mol. The number of rotatable bonds is 4. The van der Waals surface area contributed by atoms with Crippen LogP contribution in [0.1, 0.15) is 0 Å². The Morgan fingerprint density at radius 1 is 0.525 bits per heavy atom. The van der Waals surface area contributed by atoms with Crippen molar-refractivity contribution in [3.63, 3.8) is 0 Å². The Labute approximate surface area is 231 Å². The van der Waals surface area contributed by atoms with Crippen LogP contribution in [0.25, 0.3) is 66.9 Å². The molecular weight excluding hydrogens is 488 g/mol. The molecule has 3 heterocycles.